The maximum atomic E-state index is 11.4. The number of benzene rings is 2. The summed E-state index contributed by atoms with van der Waals surface area (Å²) in [5.41, 5.74) is 3.48. The lowest BCUT2D eigenvalue weighted by molar-refractivity contribution is -0.113. The molecule has 3 aromatic rings. The van der Waals surface area contributed by atoms with Gasteiger partial charge in [-0.1, -0.05) is 23.2 Å². The van der Waals surface area contributed by atoms with Gasteiger partial charge >= 0.3 is 0 Å². The molecule has 1 heterocycles. The minimum atomic E-state index is -0.279. The van der Waals surface area contributed by atoms with Crippen LogP contribution in [-0.2, 0) is 4.79 Å². The Labute approximate surface area is 147 Å². The second-order valence-electron chi connectivity index (χ2n) is 4.97. The van der Waals surface area contributed by atoms with Gasteiger partial charge < -0.3 is 9.73 Å². The standard InChI is InChI=1S/C16H11Cl3N2O2/c1-8-4-10(20-14(22)7-17)6-13-15(8)23-16(21-13)9-2-3-11(18)12(19)5-9/h2-6H,7H2,1H3,(H,20,22). The Morgan fingerprint density at radius 1 is 1.22 bits per heavy atom. The highest BCUT2D eigenvalue weighted by atomic mass is 35.5. The summed E-state index contributed by atoms with van der Waals surface area (Å²) in [4.78, 5) is 15.9. The van der Waals surface area contributed by atoms with E-state index in [0.29, 0.717) is 32.7 Å². The van der Waals surface area contributed by atoms with Crippen LogP contribution in [0.1, 0.15) is 5.56 Å². The Balaban J connectivity index is 2.05. The fourth-order valence-corrected chi connectivity index (χ4v) is 2.58. The molecule has 0 aliphatic rings. The third-order valence-electron chi connectivity index (χ3n) is 3.25. The van der Waals surface area contributed by atoms with Crippen LogP contribution in [0.25, 0.3) is 22.6 Å². The molecule has 0 fully saturated rings. The predicted molar refractivity (Wildman–Crippen MR) is 93.6 cm³/mol. The highest BCUT2D eigenvalue weighted by Gasteiger charge is 2.13. The molecular formula is C16H11Cl3N2O2. The first-order valence-corrected chi connectivity index (χ1v) is 7.99. The first-order valence-electron chi connectivity index (χ1n) is 6.70. The average Bonchev–Trinajstić information content (AvgIpc) is 2.94. The second kappa shape index (κ2) is 6.40. The van der Waals surface area contributed by atoms with Crippen LogP contribution in [0.4, 0.5) is 5.69 Å². The van der Waals surface area contributed by atoms with E-state index >= 15 is 0 Å². The van der Waals surface area contributed by atoms with Crippen LogP contribution in [-0.4, -0.2) is 16.8 Å². The lowest BCUT2D eigenvalue weighted by Crippen LogP contribution is -2.12. The molecule has 0 unspecified atom stereocenters. The molecule has 0 aliphatic heterocycles. The second-order valence-corrected chi connectivity index (χ2v) is 6.05. The van der Waals surface area contributed by atoms with Gasteiger partial charge in [-0.05, 0) is 42.8 Å². The first-order chi connectivity index (χ1) is 11.0. The number of hydrogen-bond donors (Lipinski definition) is 1. The third-order valence-corrected chi connectivity index (χ3v) is 4.23. The molecule has 7 heteroatoms. The number of carbonyl (C=O) groups excluding carboxylic acids is 1. The summed E-state index contributed by atoms with van der Waals surface area (Å²) < 4.78 is 5.81. The minimum absolute atomic E-state index is 0.107. The molecule has 0 bridgehead atoms. The van der Waals surface area contributed by atoms with Crippen molar-refractivity contribution < 1.29 is 9.21 Å². The van der Waals surface area contributed by atoms with Crippen LogP contribution in [0, 0.1) is 6.92 Å². The van der Waals surface area contributed by atoms with Gasteiger partial charge in [0.2, 0.25) is 11.8 Å². The Morgan fingerprint density at radius 3 is 2.70 bits per heavy atom. The van der Waals surface area contributed by atoms with Crippen molar-refractivity contribution in [3.05, 3.63) is 45.9 Å². The summed E-state index contributed by atoms with van der Waals surface area (Å²) in [5, 5.41) is 3.59. The zero-order valence-electron chi connectivity index (χ0n) is 12.0. The summed E-state index contributed by atoms with van der Waals surface area (Å²) in [6.45, 7) is 1.88. The number of fused-ring (bicyclic) bond motifs is 1. The van der Waals surface area contributed by atoms with Crippen molar-refractivity contribution in [1.29, 1.82) is 0 Å². The normalized spacial score (nSPS) is 11.0. The average molecular weight is 370 g/mol. The number of rotatable bonds is 3. The Hall–Kier alpha value is -1.75. The molecule has 2 aromatic carbocycles. The molecule has 1 amide bonds. The molecular weight excluding hydrogens is 359 g/mol. The molecule has 0 saturated heterocycles. The van der Waals surface area contributed by atoms with Gasteiger partial charge in [-0.2, -0.15) is 0 Å². The fourth-order valence-electron chi connectivity index (χ4n) is 2.22. The number of carbonyl (C=O) groups is 1. The predicted octanol–water partition coefficient (Wildman–Crippen LogP) is 5.29. The number of nitrogens with one attached hydrogen (secondary N) is 1. The van der Waals surface area contributed by atoms with E-state index in [1.165, 1.54) is 0 Å². The number of anilines is 1. The van der Waals surface area contributed by atoms with Crippen LogP contribution in [0.2, 0.25) is 10.0 Å². The number of hydrogen-bond acceptors (Lipinski definition) is 3. The molecule has 118 valence electrons. The monoisotopic (exact) mass is 368 g/mol. The van der Waals surface area contributed by atoms with Crippen LogP contribution >= 0.6 is 34.8 Å². The van der Waals surface area contributed by atoms with Crippen molar-refractivity contribution in [3.63, 3.8) is 0 Å². The van der Waals surface area contributed by atoms with Gasteiger partial charge in [-0.15, -0.1) is 11.6 Å². The van der Waals surface area contributed by atoms with E-state index in [0.717, 1.165) is 11.1 Å². The Bertz CT molecular complexity index is 906. The summed E-state index contributed by atoms with van der Waals surface area (Å²) >= 11 is 17.5. The molecule has 23 heavy (non-hydrogen) atoms. The number of oxazole rings is 1. The molecule has 0 spiro atoms. The van der Waals surface area contributed by atoms with E-state index in [-0.39, 0.29) is 11.8 Å². The summed E-state index contributed by atoms with van der Waals surface area (Å²) in [6.07, 6.45) is 0. The van der Waals surface area contributed by atoms with E-state index in [9.17, 15) is 4.79 Å². The first kappa shape index (κ1) is 16.1. The van der Waals surface area contributed by atoms with Crippen LogP contribution in [0.3, 0.4) is 0 Å². The number of aromatic nitrogens is 1. The zero-order chi connectivity index (χ0) is 16.6. The van der Waals surface area contributed by atoms with Gasteiger partial charge in [-0.3, -0.25) is 4.79 Å². The summed E-state index contributed by atoms with van der Waals surface area (Å²) in [5.74, 6) is 0.0471. The summed E-state index contributed by atoms with van der Waals surface area (Å²) in [6, 6.07) is 8.70. The van der Waals surface area contributed by atoms with E-state index in [2.05, 4.69) is 10.3 Å². The maximum absolute atomic E-state index is 11.4. The van der Waals surface area contributed by atoms with Crippen LogP contribution in [0.5, 0.6) is 0 Å². The number of alkyl halides is 1. The van der Waals surface area contributed by atoms with Crippen molar-refractivity contribution in [3.8, 4) is 11.5 Å². The molecule has 0 radical (unpaired) electrons. The summed E-state index contributed by atoms with van der Waals surface area (Å²) in [7, 11) is 0. The van der Waals surface area contributed by atoms with Gasteiger partial charge in [-0.25, -0.2) is 4.98 Å². The Kier molecular flexibility index (Phi) is 4.48. The highest BCUT2D eigenvalue weighted by Crippen LogP contribution is 2.32. The van der Waals surface area contributed by atoms with Crippen molar-refractivity contribution in [2.24, 2.45) is 0 Å². The highest BCUT2D eigenvalue weighted by molar-refractivity contribution is 6.42. The van der Waals surface area contributed by atoms with E-state index in [1.54, 1.807) is 30.3 Å². The number of nitrogens with zero attached hydrogens (tertiary/aromatic N) is 1. The van der Waals surface area contributed by atoms with Gasteiger partial charge in [0.25, 0.3) is 0 Å². The van der Waals surface area contributed by atoms with Crippen molar-refractivity contribution in [1.82, 2.24) is 4.98 Å². The number of amides is 1. The zero-order valence-corrected chi connectivity index (χ0v) is 14.3. The van der Waals surface area contributed by atoms with Crippen LogP contribution < -0.4 is 5.32 Å². The number of aryl methyl sites for hydroxylation is 1. The van der Waals surface area contributed by atoms with E-state index < -0.39 is 0 Å². The molecule has 4 nitrogen and oxygen atoms in total. The SMILES string of the molecule is Cc1cc(NC(=O)CCl)cc2nc(-c3ccc(Cl)c(Cl)c3)oc12. The largest absolute Gasteiger partial charge is 0.436 e. The fraction of sp³-hybridized carbons (Fsp3) is 0.125. The topological polar surface area (TPSA) is 55.1 Å². The minimum Gasteiger partial charge on any atom is -0.436 e. The van der Waals surface area contributed by atoms with Crippen LogP contribution in [0.15, 0.2) is 34.7 Å². The van der Waals surface area contributed by atoms with E-state index in [1.807, 2.05) is 6.92 Å². The molecule has 1 aromatic heterocycles. The smallest absolute Gasteiger partial charge is 0.239 e. The van der Waals surface area contributed by atoms with Gasteiger partial charge in [0.15, 0.2) is 5.58 Å². The van der Waals surface area contributed by atoms with Crippen molar-refractivity contribution in [2.45, 2.75) is 6.92 Å². The van der Waals surface area contributed by atoms with Crippen molar-refractivity contribution in [2.75, 3.05) is 11.2 Å². The molecule has 3 rings (SSSR count). The molecule has 0 saturated carbocycles. The Morgan fingerprint density at radius 2 is 2.00 bits per heavy atom. The van der Waals surface area contributed by atoms with E-state index in [4.69, 9.17) is 39.2 Å². The maximum Gasteiger partial charge on any atom is 0.239 e. The molecule has 0 aliphatic carbocycles. The van der Waals surface area contributed by atoms with Gasteiger partial charge in [0, 0.05) is 11.3 Å². The molecule has 0 atom stereocenters. The van der Waals surface area contributed by atoms with Gasteiger partial charge in [0.1, 0.15) is 11.4 Å². The molecule has 1 N–H and O–H groups in total. The quantitative estimate of drug-likeness (QED) is 0.638. The van der Waals surface area contributed by atoms with Gasteiger partial charge in [0.05, 0.1) is 10.0 Å². The lowest BCUT2D eigenvalue weighted by atomic mass is 10.2. The third kappa shape index (κ3) is 3.29. The lowest BCUT2D eigenvalue weighted by Gasteiger charge is -2.03. The van der Waals surface area contributed by atoms with Crippen molar-refractivity contribution >= 4 is 57.5 Å². The number of halogens is 3.